The van der Waals surface area contributed by atoms with E-state index in [0.29, 0.717) is 37.7 Å². The standard InChI is InChI=1S/C34H32BrN3O5/c1-3-36-29-17-22(2)9-11-27(29)37(13-15-42-16-14-39)31(36)19-25-33(40)26(34(25)41)20-32-38(21-23-7-5-4-6-8-23)28-12-10-24(35)18-30(28)43-32/h4-12,17-20,39H,3,13-16,21H2,1-2H3/p+1. The van der Waals surface area contributed by atoms with Crippen molar-refractivity contribution in [2.24, 2.45) is 0 Å². The van der Waals surface area contributed by atoms with Gasteiger partial charge in [-0.1, -0.05) is 52.3 Å². The second-order valence-corrected chi connectivity index (χ2v) is 11.4. The first kappa shape index (κ1) is 28.9. The Balaban J connectivity index is 1.38. The van der Waals surface area contributed by atoms with Gasteiger partial charge in [-0.25, -0.2) is 0 Å². The number of halogens is 1. The van der Waals surface area contributed by atoms with Crippen LogP contribution in [0.3, 0.4) is 0 Å². The lowest BCUT2D eigenvalue weighted by Gasteiger charge is -2.27. The number of ketones is 1. The minimum absolute atomic E-state index is 0.0439. The fraction of sp³-hybridized carbons (Fsp3) is 0.235. The van der Waals surface area contributed by atoms with Gasteiger partial charge in [-0.15, -0.1) is 0 Å². The van der Waals surface area contributed by atoms with Gasteiger partial charge in [0, 0.05) is 35.3 Å². The van der Waals surface area contributed by atoms with Crippen LogP contribution in [0.2, 0.25) is 0 Å². The van der Waals surface area contributed by atoms with Crippen molar-refractivity contribution < 1.29 is 28.7 Å². The van der Waals surface area contributed by atoms with Gasteiger partial charge in [0.15, 0.2) is 6.54 Å². The van der Waals surface area contributed by atoms with Gasteiger partial charge in [0.05, 0.1) is 48.4 Å². The molecule has 3 aromatic carbocycles. The molecule has 0 amide bonds. The number of allylic oxidation sites excluding steroid dienone is 3. The molecule has 8 nitrogen and oxygen atoms in total. The number of carbonyl (C=O) groups excluding carboxylic acids is 1. The van der Waals surface area contributed by atoms with E-state index < -0.39 is 0 Å². The molecule has 43 heavy (non-hydrogen) atoms. The third-order valence-electron chi connectivity index (χ3n) is 7.69. The number of hydrogen-bond donors (Lipinski definition) is 2. The number of ether oxygens (including phenoxy) is 1. The van der Waals surface area contributed by atoms with Gasteiger partial charge in [0.25, 0.3) is 5.52 Å². The number of benzene rings is 3. The summed E-state index contributed by atoms with van der Waals surface area (Å²) in [6.45, 7) is 6.46. The Morgan fingerprint density at radius 3 is 2.56 bits per heavy atom. The second kappa shape index (κ2) is 12.2. The Kier molecular flexibility index (Phi) is 8.21. The molecule has 0 bridgehead atoms. The lowest BCUT2D eigenvalue weighted by atomic mass is 9.87. The molecule has 0 saturated carbocycles. The van der Waals surface area contributed by atoms with Crippen LogP contribution in [0.4, 0.5) is 11.4 Å². The molecule has 220 valence electrons. The van der Waals surface area contributed by atoms with Crippen LogP contribution in [0.15, 0.2) is 104 Å². The van der Waals surface area contributed by atoms with Gasteiger partial charge in [-0.05, 0) is 43.7 Å². The Morgan fingerprint density at radius 1 is 1.00 bits per heavy atom. The number of nitrogens with zero attached hydrogens (tertiary/aromatic N) is 3. The SMILES string of the molecule is CCN1C(=CC2=C(O)C(=Cc3oc4cc(Br)ccc4[n+]3Cc3ccccc3)C2=O)N(CCOCCO)c2ccc(C)cc21. The summed E-state index contributed by atoms with van der Waals surface area (Å²) in [5, 5.41) is 20.3. The molecule has 0 radical (unpaired) electrons. The number of rotatable bonds is 10. The summed E-state index contributed by atoms with van der Waals surface area (Å²) < 4.78 is 14.7. The number of aliphatic hydroxyl groups excluding tert-OH is 2. The topological polar surface area (TPSA) is 90.3 Å². The summed E-state index contributed by atoms with van der Waals surface area (Å²) in [5.41, 5.74) is 6.26. The Labute approximate surface area is 258 Å². The Bertz CT molecular complexity index is 1790. The lowest BCUT2D eigenvalue weighted by Crippen LogP contribution is -2.36. The fourth-order valence-corrected chi connectivity index (χ4v) is 5.93. The first-order valence-corrected chi connectivity index (χ1v) is 15.1. The van der Waals surface area contributed by atoms with E-state index in [0.717, 1.165) is 38.3 Å². The van der Waals surface area contributed by atoms with E-state index in [9.17, 15) is 9.90 Å². The summed E-state index contributed by atoms with van der Waals surface area (Å²) in [4.78, 5) is 17.8. The van der Waals surface area contributed by atoms with Crippen molar-refractivity contribution in [1.82, 2.24) is 0 Å². The molecule has 9 heteroatoms. The lowest BCUT2D eigenvalue weighted by molar-refractivity contribution is -0.669. The molecule has 0 atom stereocenters. The third-order valence-corrected chi connectivity index (χ3v) is 8.19. The van der Waals surface area contributed by atoms with Gasteiger partial charge in [0.1, 0.15) is 11.6 Å². The zero-order chi connectivity index (χ0) is 30.1. The average Bonchev–Trinajstić information content (AvgIpc) is 3.49. The van der Waals surface area contributed by atoms with Gasteiger partial charge in [-0.3, -0.25) is 4.79 Å². The first-order chi connectivity index (χ1) is 20.9. The van der Waals surface area contributed by atoms with Crippen LogP contribution < -0.4 is 14.4 Å². The predicted molar refractivity (Wildman–Crippen MR) is 170 cm³/mol. The highest BCUT2D eigenvalue weighted by Gasteiger charge is 2.38. The predicted octanol–water partition coefficient (Wildman–Crippen LogP) is 5.81. The van der Waals surface area contributed by atoms with Crippen LogP contribution >= 0.6 is 15.9 Å². The van der Waals surface area contributed by atoms with Crippen molar-refractivity contribution in [3.05, 3.63) is 117 Å². The molecule has 2 N–H and O–H groups in total. The molecule has 2 aliphatic rings. The van der Waals surface area contributed by atoms with E-state index in [-0.39, 0.29) is 35.9 Å². The van der Waals surface area contributed by atoms with E-state index in [2.05, 4.69) is 50.9 Å². The van der Waals surface area contributed by atoms with E-state index in [4.69, 9.17) is 14.3 Å². The van der Waals surface area contributed by atoms with Crippen molar-refractivity contribution in [3.8, 4) is 0 Å². The number of hydrogen-bond acceptors (Lipinski definition) is 7. The number of carbonyl (C=O) groups is 1. The molecule has 1 aliphatic heterocycles. The molecule has 1 aromatic heterocycles. The summed E-state index contributed by atoms with van der Waals surface area (Å²) in [5.74, 6) is 0.945. The van der Waals surface area contributed by atoms with Crippen LogP contribution in [0.5, 0.6) is 0 Å². The number of oxazole rings is 1. The minimum Gasteiger partial charge on any atom is -0.506 e. The normalized spacial score (nSPS) is 16.6. The quantitative estimate of drug-likeness (QED) is 0.128. The molecule has 2 heterocycles. The molecule has 4 aromatic rings. The summed E-state index contributed by atoms with van der Waals surface area (Å²) in [7, 11) is 0. The maximum absolute atomic E-state index is 13.6. The number of Topliss-reactive ketones (excluding diaryl/α,β-unsaturated/α-hetero) is 1. The van der Waals surface area contributed by atoms with E-state index in [1.807, 2.05) is 60.0 Å². The van der Waals surface area contributed by atoms with Crippen molar-refractivity contribution in [2.75, 3.05) is 42.7 Å². The number of fused-ring (bicyclic) bond motifs is 2. The van der Waals surface area contributed by atoms with E-state index >= 15 is 0 Å². The molecular formula is C34H33BrN3O5+. The fourth-order valence-electron chi connectivity index (χ4n) is 5.59. The van der Waals surface area contributed by atoms with Crippen molar-refractivity contribution in [2.45, 2.75) is 20.4 Å². The third kappa shape index (κ3) is 5.51. The van der Waals surface area contributed by atoms with Crippen LogP contribution in [0.25, 0.3) is 17.2 Å². The highest BCUT2D eigenvalue weighted by molar-refractivity contribution is 9.10. The van der Waals surface area contributed by atoms with Gasteiger partial charge < -0.3 is 29.2 Å². The number of anilines is 2. The smallest absolute Gasteiger partial charge is 0.375 e. The van der Waals surface area contributed by atoms with Crippen molar-refractivity contribution in [3.63, 3.8) is 0 Å². The van der Waals surface area contributed by atoms with Crippen LogP contribution in [-0.4, -0.2) is 48.9 Å². The monoisotopic (exact) mass is 642 g/mol. The van der Waals surface area contributed by atoms with E-state index in [1.165, 1.54) is 0 Å². The first-order valence-electron chi connectivity index (χ1n) is 14.3. The van der Waals surface area contributed by atoms with Crippen LogP contribution in [0, 0.1) is 6.92 Å². The minimum atomic E-state index is -0.252. The summed E-state index contributed by atoms with van der Waals surface area (Å²) in [6, 6.07) is 22.1. The van der Waals surface area contributed by atoms with E-state index in [1.54, 1.807) is 12.2 Å². The maximum atomic E-state index is 13.6. The molecule has 0 saturated heterocycles. The van der Waals surface area contributed by atoms with Gasteiger partial charge in [0.2, 0.25) is 11.4 Å². The van der Waals surface area contributed by atoms with Gasteiger partial charge in [-0.2, -0.15) is 4.57 Å². The zero-order valence-electron chi connectivity index (χ0n) is 24.1. The maximum Gasteiger partial charge on any atom is 0.375 e. The zero-order valence-corrected chi connectivity index (χ0v) is 25.7. The van der Waals surface area contributed by atoms with Crippen LogP contribution in [-0.2, 0) is 16.1 Å². The molecule has 0 spiro atoms. The number of aryl methyl sites for hydroxylation is 1. The highest BCUT2D eigenvalue weighted by Crippen LogP contribution is 2.43. The molecule has 0 unspecified atom stereocenters. The average molecular weight is 644 g/mol. The highest BCUT2D eigenvalue weighted by atomic mass is 79.9. The van der Waals surface area contributed by atoms with Crippen molar-refractivity contribution >= 4 is 50.3 Å². The molecule has 1 aliphatic carbocycles. The molecule has 6 rings (SSSR count). The van der Waals surface area contributed by atoms with Gasteiger partial charge >= 0.3 is 5.89 Å². The summed E-state index contributed by atoms with van der Waals surface area (Å²) >= 11 is 3.51. The van der Waals surface area contributed by atoms with Crippen molar-refractivity contribution in [1.29, 1.82) is 0 Å². The van der Waals surface area contributed by atoms with Crippen LogP contribution in [0.1, 0.15) is 23.9 Å². The Hall–Kier alpha value is -4.18. The largest absolute Gasteiger partial charge is 0.506 e. The number of aliphatic hydroxyl groups is 2. The Morgan fingerprint density at radius 2 is 1.81 bits per heavy atom. The molecular weight excluding hydrogens is 610 g/mol. The summed E-state index contributed by atoms with van der Waals surface area (Å²) in [6.07, 6.45) is 3.38. The second-order valence-electron chi connectivity index (χ2n) is 10.5. The number of aromatic nitrogens is 1. The molecule has 0 fully saturated rings.